The van der Waals surface area contributed by atoms with E-state index in [0.29, 0.717) is 0 Å². The molecule has 0 spiro atoms. The van der Waals surface area contributed by atoms with Gasteiger partial charge in [-0.05, 0) is 0 Å². The molecule has 0 aliphatic rings. The Morgan fingerprint density at radius 2 is 1.00 bits per heavy atom. The van der Waals surface area contributed by atoms with Gasteiger partial charge in [-0.25, -0.2) is 0 Å². The summed E-state index contributed by atoms with van der Waals surface area (Å²) in [6.07, 6.45) is 0. The van der Waals surface area contributed by atoms with Crippen molar-refractivity contribution in [2.45, 2.75) is 0 Å². The molecule has 1 nitrogen and oxygen atoms in total. The Morgan fingerprint density at radius 1 is 1.00 bits per heavy atom. The molecule has 0 aliphatic heterocycles. The molecule has 0 fully saturated rings. The Hall–Kier alpha value is 4.67. The average Bonchev–Trinajstić information content (AvgIpc) is 0. The number of hydrogen-bond acceptors (Lipinski definition) is 0. The summed E-state index contributed by atoms with van der Waals surface area (Å²) in [4.78, 5) is 0. The third kappa shape index (κ3) is 17.7. The van der Waals surface area contributed by atoms with E-state index in [1.54, 1.807) is 0 Å². The van der Waals surface area contributed by atoms with E-state index in [9.17, 15) is 0 Å². The van der Waals surface area contributed by atoms with Crippen LogP contribution in [0.4, 0.5) is 0 Å². The average molecular weight is 448 g/mol. The molecule has 0 aromatic heterocycles. The first-order valence-corrected chi connectivity index (χ1v) is 0. The van der Waals surface area contributed by atoms with Gasteiger partial charge in [0.1, 0.15) is 0 Å². The van der Waals surface area contributed by atoms with E-state index >= 15 is 0 Å². The predicted molar refractivity (Wildman–Crippen MR) is 12.2 cm³/mol. The van der Waals surface area contributed by atoms with Crippen LogP contribution in [-0.2, 0) is 17.1 Å². The van der Waals surface area contributed by atoms with Crippen LogP contribution < -0.4 is 0 Å². The van der Waals surface area contributed by atoms with Crippen molar-refractivity contribution in [2.24, 2.45) is 0 Å². The molecule has 0 amide bonds. The molecule has 2 N–H and O–H groups in total. The van der Waals surface area contributed by atoms with Gasteiger partial charge in [0.2, 0.25) is 0 Å². The Bertz CT molecular complexity index is 11.6. The summed E-state index contributed by atoms with van der Waals surface area (Å²) in [5.41, 5.74) is 0. The van der Waals surface area contributed by atoms with Crippen LogP contribution in [0.3, 0.4) is 0 Å². The fourth-order valence-corrected chi connectivity index (χ4v) is 0. The topological polar surface area (TPSA) is 31.5 Å². The molecule has 5 heavy (non-hydrogen) atoms. The van der Waals surface area contributed by atoms with E-state index in [-0.39, 0.29) is 150 Å². The number of rotatable bonds is 0. The second kappa shape index (κ2) is 23.4. The Morgan fingerprint density at radius 3 is 1.00 bits per heavy atom. The van der Waals surface area contributed by atoms with Crippen LogP contribution in [0, 0.1) is 82.1 Å². The molecule has 26 valence electrons. The quantitative estimate of drug-likeness (QED) is 0.395. The standard InChI is InChI=1S/Mn.Nd.H2O.Pr.Sr.2H/h;;1H2;;;;. The molecule has 0 unspecified atom stereocenters. The molecule has 0 atom stereocenters. The van der Waals surface area contributed by atoms with E-state index in [1.165, 1.54) is 0 Å². The molecular weight excluding hydrogens is 444 g/mol. The Labute approximate surface area is 145 Å². The van der Waals surface area contributed by atoms with E-state index in [0.717, 1.165) is 0 Å². The van der Waals surface area contributed by atoms with Crippen molar-refractivity contribution in [3.05, 3.63) is 0 Å². The molecule has 0 saturated carbocycles. The van der Waals surface area contributed by atoms with Crippen molar-refractivity contribution in [1.82, 2.24) is 0 Å². The molecule has 0 saturated heterocycles. The summed E-state index contributed by atoms with van der Waals surface area (Å²) in [6, 6.07) is 0. The third-order valence-corrected chi connectivity index (χ3v) is 0. The molecule has 0 aliphatic carbocycles. The number of hydrogen-bond donors (Lipinski definition) is 0. The monoisotopic (exact) mass is 446 g/mol. The molecule has 0 heterocycles. The van der Waals surface area contributed by atoms with Crippen molar-refractivity contribution in [3.63, 3.8) is 0 Å². The maximum absolute atomic E-state index is 0. The van der Waals surface area contributed by atoms with Crippen molar-refractivity contribution in [2.75, 3.05) is 0 Å². The van der Waals surface area contributed by atoms with Gasteiger partial charge in [0.15, 0.2) is 0 Å². The second-order valence-corrected chi connectivity index (χ2v) is 0. The zero-order chi connectivity index (χ0) is 0. The Kier molecular flexibility index (Phi) is 156. The van der Waals surface area contributed by atoms with Gasteiger partial charge in [0.05, 0.1) is 0 Å². The van der Waals surface area contributed by atoms with Gasteiger partial charge in [-0.2, -0.15) is 0 Å². The van der Waals surface area contributed by atoms with Crippen molar-refractivity contribution in [3.8, 4) is 0 Å². The van der Waals surface area contributed by atoms with E-state index in [2.05, 4.69) is 0 Å². The van der Waals surface area contributed by atoms with Gasteiger partial charge in [-0.3, -0.25) is 0 Å². The molecule has 0 bridgehead atoms. The second-order valence-electron chi connectivity index (χ2n) is 0. The van der Waals surface area contributed by atoms with E-state index in [4.69, 9.17) is 0 Å². The minimum atomic E-state index is 0. The molecular formula is H4MnNdOPrSr. The molecule has 2 radical (unpaired) electrons. The van der Waals surface area contributed by atoms with Gasteiger partial charge in [-0.15, -0.1) is 0 Å². The van der Waals surface area contributed by atoms with Gasteiger partial charge in [0.25, 0.3) is 0 Å². The van der Waals surface area contributed by atoms with Crippen molar-refractivity contribution in [1.29, 1.82) is 0 Å². The third-order valence-electron chi connectivity index (χ3n) is 0. The Balaban J connectivity index is 0. The van der Waals surface area contributed by atoms with Crippen LogP contribution >= 0.6 is 0 Å². The fourth-order valence-electron chi connectivity index (χ4n) is 0. The molecule has 0 aromatic rings. The zero-order valence-electron chi connectivity index (χ0n) is 1.96. The van der Waals surface area contributed by atoms with Gasteiger partial charge in [0, 0.05) is 99.2 Å². The molecule has 0 aromatic carbocycles. The van der Waals surface area contributed by atoms with Crippen molar-refractivity contribution >= 4 is 45.5 Å². The van der Waals surface area contributed by atoms with Crippen LogP contribution in [0.15, 0.2) is 0 Å². The normalized spacial score (nSPS) is 0. The van der Waals surface area contributed by atoms with E-state index in [1.807, 2.05) is 0 Å². The van der Waals surface area contributed by atoms with Crippen molar-refractivity contribution < 1.29 is 105 Å². The summed E-state index contributed by atoms with van der Waals surface area (Å²) in [6.45, 7) is 0. The van der Waals surface area contributed by atoms with Crippen LogP contribution in [0.1, 0.15) is 0 Å². The maximum atomic E-state index is 0. The van der Waals surface area contributed by atoms with Gasteiger partial charge in [-0.1, -0.05) is 0 Å². The van der Waals surface area contributed by atoms with Crippen LogP contribution in [-0.4, -0.2) is 51.0 Å². The summed E-state index contributed by atoms with van der Waals surface area (Å²) in [7, 11) is 0. The van der Waals surface area contributed by atoms with Crippen LogP contribution in [0.25, 0.3) is 0 Å². The van der Waals surface area contributed by atoms with Crippen LogP contribution in [0.5, 0.6) is 0 Å². The van der Waals surface area contributed by atoms with Gasteiger partial charge < -0.3 is 5.48 Å². The summed E-state index contributed by atoms with van der Waals surface area (Å²) >= 11 is 0. The first-order valence-electron chi connectivity index (χ1n) is 0. The minimum absolute atomic E-state index is 0. The first-order chi connectivity index (χ1) is 0. The van der Waals surface area contributed by atoms with Gasteiger partial charge >= 0.3 is 45.5 Å². The first kappa shape index (κ1) is 33.3. The summed E-state index contributed by atoms with van der Waals surface area (Å²) in [5.74, 6) is 0. The summed E-state index contributed by atoms with van der Waals surface area (Å²) in [5, 5.41) is 0. The molecule has 0 rings (SSSR count). The summed E-state index contributed by atoms with van der Waals surface area (Å²) < 4.78 is 0. The van der Waals surface area contributed by atoms with E-state index < -0.39 is 0 Å². The fraction of sp³-hybridized carbons (Fsp3) is 0. The SMILES string of the molecule is O.[Mn].[Nd].[Pr].[SrH2]. The zero-order valence-corrected chi connectivity index (χ0v) is 10.0. The molecule has 5 heteroatoms. The predicted octanol–water partition coefficient (Wildman–Crippen LogP) is -1.74. The van der Waals surface area contributed by atoms with Crippen LogP contribution in [0.2, 0.25) is 0 Å².